The van der Waals surface area contributed by atoms with Gasteiger partial charge in [-0.15, -0.1) is 0 Å². The van der Waals surface area contributed by atoms with Crippen molar-refractivity contribution in [2.75, 3.05) is 5.32 Å². The first-order chi connectivity index (χ1) is 9.56. The topological polar surface area (TPSA) is 38.3 Å². The molecule has 5 heteroatoms. The molecule has 104 valence electrons. The van der Waals surface area contributed by atoms with Crippen LogP contribution in [0.5, 0.6) is 5.75 Å². The zero-order chi connectivity index (χ0) is 14.5. The number of amides is 1. The Bertz CT molecular complexity index is 618. The Morgan fingerprint density at radius 1 is 1.25 bits per heavy atom. The van der Waals surface area contributed by atoms with E-state index < -0.39 is 6.10 Å². The smallest absolute Gasteiger partial charge is 0.265 e. The lowest BCUT2D eigenvalue weighted by Crippen LogP contribution is -2.30. The standard InChI is InChI=1S/C15H13BrClNO2/c1-10(20-14-8-3-2-7-13(14)17)15(19)18-12-6-4-5-11(16)9-12/h2-10H,1H3,(H,18,19)/t10-/m0/s1. The number of para-hydroxylation sites is 1. The van der Waals surface area contributed by atoms with Crippen LogP contribution in [0.15, 0.2) is 53.0 Å². The van der Waals surface area contributed by atoms with Crippen molar-refractivity contribution in [1.29, 1.82) is 0 Å². The molecule has 0 aromatic heterocycles. The number of carbonyl (C=O) groups is 1. The molecule has 0 saturated heterocycles. The summed E-state index contributed by atoms with van der Waals surface area (Å²) in [7, 11) is 0. The molecule has 0 aliphatic carbocycles. The summed E-state index contributed by atoms with van der Waals surface area (Å²) < 4.78 is 6.45. The quantitative estimate of drug-likeness (QED) is 0.877. The molecule has 0 radical (unpaired) electrons. The van der Waals surface area contributed by atoms with E-state index in [4.69, 9.17) is 16.3 Å². The summed E-state index contributed by atoms with van der Waals surface area (Å²) in [5.74, 6) is 0.258. The lowest BCUT2D eigenvalue weighted by Gasteiger charge is -2.15. The second-order valence-electron chi connectivity index (χ2n) is 4.19. The number of anilines is 1. The van der Waals surface area contributed by atoms with Crippen LogP contribution in [0, 0.1) is 0 Å². The molecule has 0 bridgehead atoms. The molecule has 2 rings (SSSR count). The van der Waals surface area contributed by atoms with Crippen molar-refractivity contribution in [3.8, 4) is 5.75 Å². The van der Waals surface area contributed by atoms with Gasteiger partial charge >= 0.3 is 0 Å². The van der Waals surface area contributed by atoms with E-state index >= 15 is 0 Å². The summed E-state index contributed by atoms with van der Waals surface area (Å²) in [4.78, 5) is 12.0. The van der Waals surface area contributed by atoms with Crippen molar-refractivity contribution >= 4 is 39.1 Å². The number of benzene rings is 2. The molecule has 0 fully saturated rings. The maximum atomic E-state index is 12.0. The van der Waals surface area contributed by atoms with Crippen LogP contribution >= 0.6 is 27.5 Å². The van der Waals surface area contributed by atoms with Gasteiger partial charge in [0.05, 0.1) is 5.02 Å². The Hall–Kier alpha value is -1.52. The van der Waals surface area contributed by atoms with Gasteiger partial charge in [-0.25, -0.2) is 0 Å². The van der Waals surface area contributed by atoms with Gasteiger partial charge < -0.3 is 10.1 Å². The molecule has 2 aromatic rings. The number of hydrogen-bond acceptors (Lipinski definition) is 2. The van der Waals surface area contributed by atoms with Crippen LogP contribution in [0.1, 0.15) is 6.92 Å². The second-order valence-corrected chi connectivity index (χ2v) is 5.51. The van der Waals surface area contributed by atoms with Crippen LogP contribution in [0.4, 0.5) is 5.69 Å². The first-order valence-electron chi connectivity index (χ1n) is 6.04. The lowest BCUT2D eigenvalue weighted by atomic mass is 10.3. The highest BCUT2D eigenvalue weighted by Gasteiger charge is 2.16. The van der Waals surface area contributed by atoms with Gasteiger partial charge in [-0.3, -0.25) is 4.79 Å². The Morgan fingerprint density at radius 2 is 2.00 bits per heavy atom. The Balaban J connectivity index is 2.01. The zero-order valence-corrected chi connectivity index (χ0v) is 13.1. The maximum absolute atomic E-state index is 12.0. The molecule has 1 atom stereocenters. The van der Waals surface area contributed by atoms with Crippen LogP contribution in [0.3, 0.4) is 0 Å². The highest BCUT2D eigenvalue weighted by molar-refractivity contribution is 9.10. The molecule has 0 saturated carbocycles. The first-order valence-corrected chi connectivity index (χ1v) is 7.21. The summed E-state index contributed by atoms with van der Waals surface area (Å²) in [6, 6.07) is 14.4. The fourth-order valence-electron chi connectivity index (χ4n) is 1.59. The van der Waals surface area contributed by atoms with Crippen molar-refractivity contribution < 1.29 is 9.53 Å². The molecular weight excluding hydrogens is 342 g/mol. The van der Waals surface area contributed by atoms with E-state index in [9.17, 15) is 4.79 Å². The van der Waals surface area contributed by atoms with Gasteiger partial charge in [-0.2, -0.15) is 0 Å². The summed E-state index contributed by atoms with van der Waals surface area (Å²) >= 11 is 9.34. The third-order valence-electron chi connectivity index (χ3n) is 2.60. The van der Waals surface area contributed by atoms with E-state index in [1.165, 1.54) is 0 Å². The van der Waals surface area contributed by atoms with E-state index in [1.54, 1.807) is 31.2 Å². The van der Waals surface area contributed by atoms with Crippen molar-refractivity contribution in [3.63, 3.8) is 0 Å². The normalized spacial score (nSPS) is 11.8. The summed E-state index contributed by atoms with van der Waals surface area (Å²) in [5.41, 5.74) is 0.707. The van der Waals surface area contributed by atoms with Crippen molar-refractivity contribution in [1.82, 2.24) is 0 Å². The number of nitrogens with one attached hydrogen (secondary N) is 1. The number of halogens is 2. The van der Waals surface area contributed by atoms with Crippen LogP contribution in [-0.4, -0.2) is 12.0 Å². The number of hydrogen-bond donors (Lipinski definition) is 1. The molecule has 1 amide bonds. The van der Waals surface area contributed by atoms with Gasteiger partial charge in [0, 0.05) is 10.2 Å². The monoisotopic (exact) mass is 353 g/mol. The van der Waals surface area contributed by atoms with E-state index in [-0.39, 0.29) is 5.91 Å². The summed E-state index contributed by atoms with van der Waals surface area (Å²) in [6.07, 6.45) is -0.645. The SMILES string of the molecule is C[C@H](Oc1ccccc1Cl)C(=O)Nc1cccc(Br)c1. The molecule has 2 aromatic carbocycles. The molecular formula is C15H13BrClNO2. The van der Waals surface area contributed by atoms with Crippen LogP contribution < -0.4 is 10.1 Å². The van der Waals surface area contributed by atoms with Gasteiger partial charge in [0.25, 0.3) is 5.91 Å². The fraction of sp³-hybridized carbons (Fsp3) is 0.133. The molecule has 0 unspecified atom stereocenters. The predicted molar refractivity (Wildman–Crippen MR) is 84.3 cm³/mol. The predicted octanol–water partition coefficient (Wildman–Crippen LogP) is 4.51. The van der Waals surface area contributed by atoms with Gasteiger partial charge in [0.15, 0.2) is 6.10 Å². The molecule has 1 N–H and O–H groups in total. The minimum absolute atomic E-state index is 0.233. The van der Waals surface area contributed by atoms with E-state index in [0.717, 1.165) is 4.47 Å². The summed E-state index contributed by atoms with van der Waals surface area (Å²) in [5, 5.41) is 3.27. The van der Waals surface area contributed by atoms with Crippen molar-refractivity contribution in [2.24, 2.45) is 0 Å². The van der Waals surface area contributed by atoms with E-state index in [0.29, 0.717) is 16.5 Å². The van der Waals surface area contributed by atoms with Crippen LogP contribution in [0.25, 0.3) is 0 Å². The fourth-order valence-corrected chi connectivity index (χ4v) is 2.17. The maximum Gasteiger partial charge on any atom is 0.265 e. The molecule has 0 spiro atoms. The van der Waals surface area contributed by atoms with Gasteiger partial charge in [-0.1, -0.05) is 45.7 Å². The Kier molecular flexibility index (Phi) is 5.04. The molecule has 3 nitrogen and oxygen atoms in total. The largest absolute Gasteiger partial charge is 0.479 e. The molecule has 20 heavy (non-hydrogen) atoms. The Labute approximate surface area is 131 Å². The Morgan fingerprint density at radius 3 is 2.70 bits per heavy atom. The highest BCUT2D eigenvalue weighted by atomic mass is 79.9. The van der Waals surface area contributed by atoms with Gasteiger partial charge in [0.1, 0.15) is 5.75 Å². The third kappa shape index (κ3) is 3.99. The van der Waals surface area contributed by atoms with Crippen LogP contribution in [0.2, 0.25) is 5.02 Å². The van der Waals surface area contributed by atoms with Crippen molar-refractivity contribution in [2.45, 2.75) is 13.0 Å². The summed E-state index contributed by atoms with van der Waals surface area (Å²) in [6.45, 7) is 1.68. The van der Waals surface area contributed by atoms with Gasteiger partial charge in [-0.05, 0) is 37.3 Å². The number of carbonyl (C=O) groups excluding carboxylic acids is 1. The molecule has 0 heterocycles. The second kappa shape index (κ2) is 6.77. The van der Waals surface area contributed by atoms with E-state index in [2.05, 4.69) is 21.2 Å². The van der Waals surface area contributed by atoms with Crippen molar-refractivity contribution in [3.05, 3.63) is 58.0 Å². The zero-order valence-electron chi connectivity index (χ0n) is 10.8. The third-order valence-corrected chi connectivity index (χ3v) is 3.41. The molecule has 0 aliphatic heterocycles. The number of rotatable bonds is 4. The van der Waals surface area contributed by atoms with Crippen LogP contribution in [-0.2, 0) is 4.79 Å². The van der Waals surface area contributed by atoms with Gasteiger partial charge in [0.2, 0.25) is 0 Å². The minimum Gasteiger partial charge on any atom is -0.479 e. The first kappa shape index (κ1) is 14.9. The lowest BCUT2D eigenvalue weighted by molar-refractivity contribution is -0.122. The average Bonchev–Trinajstić information content (AvgIpc) is 2.41. The minimum atomic E-state index is -0.645. The molecule has 0 aliphatic rings. The number of ether oxygens (including phenoxy) is 1. The van der Waals surface area contributed by atoms with E-state index in [1.807, 2.05) is 24.3 Å². The average molecular weight is 355 g/mol. The highest BCUT2D eigenvalue weighted by Crippen LogP contribution is 2.24.